The third-order valence-electron chi connectivity index (χ3n) is 4.25. The molecule has 1 atom stereocenters. The summed E-state index contributed by atoms with van der Waals surface area (Å²) in [6.45, 7) is 6.74. The highest BCUT2D eigenvalue weighted by molar-refractivity contribution is 5.80. The van der Waals surface area contributed by atoms with Crippen molar-refractivity contribution in [1.29, 1.82) is 0 Å². The molecule has 1 aliphatic heterocycles. The van der Waals surface area contributed by atoms with E-state index < -0.39 is 5.54 Å². The van der Waals surface area contributed by atoms with Crippen molar-refractivity contribution >= 4 is 5.97 Å². The molecule has 1 aliphatic rings. The van der Waals surface area contributed by atoms with Gasteiger partial charge in [-0.15, -0.1) is 0 Å². The second kappa shape index (κ2) is 7.05. The molecule has 4 heteroatoms. The maximum Gasteiger partial charge on any atom is 0.327 e. The molecule has 0 saturated carbocycles. The Morgan fingerprint density at radius 1 is 1.38 bits per heavy atom. The lowest BCUT2D eigenvalue weighted by atomic mass is 10.0. The van der Waals surface area contributed by atoms with Crippen molar-refractivity contribution in [3.8, 4) is 0 Å². The topological polar surface area (TPSA) is 41.6 Å². The molecule has 1 aromatic rings. The first-order valence-electron chi connectivity index (χ1n) is 7.74. The van der Waals surface area contributed by atoms with Gasteiger partial charge in [0.25, 0.3) is 0 Å². The molecule has 21 heavy (non-hydrogen) atoms. The summed E-state index contributed by atoms with van der Waals surface area (Å²) >= 11 is 0. The molecule has 0 aliphatic carbocycles. The largest absolute Gasteiger partial charge is 0.465 e. The average Bonchev–Trinajstić information content (AvgIpc) is 2.68. The van der Waals surface area contributed by atoms with Crippen molar-refractivity contribution in [2.45, 2.75) is 38.8 Å². The Morgan fingerprint density at radius 2 is 2.10 bits per heavy atom. The number of likely N-dealkylation sites (N-methyl/N-ethyl adjacent to an activating group) is 1. The Balaban J connectivity index is 2.10. The summed E-state index contributed by atoms with van der Waals surface area (Å²) in [5, 5.41) is 3.14. The minimum Gasteiger partial charge on any atom is -0.465 e. The lowest BCUT2D eigenvalue weighted by Gasteiger charge is -2.33. The Hall–Kier alpha value is -1.39. The van der Waals surface area contributed by atoms with E-state index in [0.717, 1.165) is 25.9 Å². The van der Waals surface area contributed by atoms with Gasteiger partial charge in [-0.2, -0.15) is 0 Å². The molecular weight excluding hydrogens is 264 g/mol. The fraction of sp³-hybridized carbons (Fsp3) is 0.588. The van der Waals surface area contributed by atoms with Crippen molar-refractivity contribution in [2.75, 3.05) is 26.7 Å². The number of fused-ring (bicyclic) bond motifs is 1. The highest BCUT2D eigenvalue weighted by Crippen LogP contribution is 2.20. The molecule has 116 valence electrons. The van der Waals surface area contributed by atoms with Crippen LogP contribution in [0.25, 0.3) is 0 Å². The van der Waals surface area contributed by atoms with E-state index in [1.807, 2.05) is 20.9 Å². The number of nitrogens with one attached hydrogen (secondary N) is 1. The lowest BCUT2D eigenvalue weighted by Crippen LogP contribution is -2.56. The van der Waals surface area contributed by atoms with E-state index in [9.17, 15) is 4.79 Å². The maximum absolute atomic E-state index is 12.2. The molecule has 0 spiro atoms. The van der Waals surface area contributed by atoms with Gasteiger partial charge < -0.3 is 10.1 Å². The summed E-state index contributed by atoms with van der Waals surface area (Å²) < 4.78 is 5.21. The second-order valence-corrected chi connectivity index (χ2v) is 5.89. The van der Waals surface area contributed by atoms with Crippen LogP contribution >= 0.6 is 0 Å². The monoisotopic (exact) mass is 290 g/mol. The summed E-state index contributed by atoms with van der Waals surface area (Å²) in [6.07, 6.45) is 2.24. The number of hydrogen-bond acceptors (Lipinski definition) is 4. The van der Waals surface area contributed by atoms with Crippen LogP contribution in [-0.4, -0.2) is 43.2 Å². The van der Waals surface area contributed by atoms with Gasteiger partial charge >= 0.3 is 5.97 Å². The van der Waals surface area contributed by atoms with Crippen molar-refractivity contribution in [2.24, 2.45) is 0 Å². The molecule has 4 nitrogen and oxygen atoms in total. The average molecular weight is 290 g/mol. The molecule has 2 rings (SSSR count). The standard InChI is InChI=1S/C17H26N2O2/c1-4-21-16(20)17(2,18-3)13-19-11-7-10-14-8-5-6-9-15(14)12-19/h5-6,8-9,18H,4,7,10-13H2,1-3H3. The molecule has 0 saturated heterocycles. The first-order chi connectivity index (χ1) is 10.1. The van der Waals surface area contributed by atoms with E-state index in [2.05, 4.69) is 34.5 Å². The molecule has 0 bridgehead atoms. The van der Waals surface area contributed by atoms with Crippen LogP contribution in [0.15, 0.2) is 24.3 Å². The molecule has 0 amide bonds. The van der Waals surface area contributed by atoms with Crippen molar-refractivity contribution in [3.63, 3.8) is 0 Å². The van der Waals surface area contributed by atoms with E-state index in [1.165, 1.54) is 11.1 Å². The minimum atomic E-state index is -0.657. The van der Waals surface area contributed by atoms with Crippen molar-refractivity contribution in [1.82, 2.24) is 10.2 Å². The van der Waals surface area contributed by atoms with E-state index in [4.69, 9.17) is 4.74 Å². The predicted molar refractivity (Wildman–Crippen MR) is 84.1 cm³/mol. The number of esters is 1. The number of ether oxygens (including phenoxy) is 1. The van der Waals surface area contributed by atoms with Crippen LogP contribution in [0.1, 0.15) is 31.4 Å². The third kappa shape index (κ3) is 3.83. The SMILES string of the molecule is CCOC(=O)C(C)(CN1CCCc2ccccc2C1)NC. The van der Waals surface area contributed by atoms with Gasteiger partial charge in [0.15, 0.2) is 0 Å². The summed E-state index contributed by atoms with van der Waals surface area (Å²) in [5.74, 6) is -0.176. The highest BCUT2D eigenvalue weighted by atomic mass is 16.5. The highest BCUT2D eigenvalue weighted by Gasteiger charge is 2.35. The minimum absolute atomic E-state index is 0.176. The molecule has 1 heterocycles. The zero-order valence-corrected chi connectivity index (χ0v) is 13.3. The molecular formula is C17H26N2O2. The number of benzene rings is 1. The van der Waals surface area contributed by atoms with Crippen LogP contribution in [0.5, 0.6) is 0 Å². The van der Waals surface area contributed by atoms with Gasteiger partial charge in [0.2, 0.25) is 0 Å². The number of hydrogen-bond donors (Lipinski definition) is 1. The Bertz CT molecular complexity index is 489. The maximum atomic E-state index is 12.2. The number of rotatable bonds is 5. The summed E-state index contributed by atoms with van der Waals surface area (Å²) in [6, 6.07) is 8.59. The zero-order valence-electron chi connectivity index (χ0n) is 13.3. The molecule has 0 radical (unpaired) electrons. The number of carbonyl (C=O) groups is 1. The number of aryl methyl sites for hydroxylation is 1. The summed E-state index contributed by atoms with van der Waals surface area (Å²) in [4.78, 5) is 14.5. The fourth-order valence-corrected chi connectivity index (χ4v) is 2.89. The van der Waals surface area contributed by atoms with E-state index in [-0.39, 0.29) is 5.97 Å². The second-order valence-electron chi connectivity index (χ2n) is 5.89. The third-order valence-corrected chi connectivity index (χ3v) is 4.25. The van der Waals surface area contributed by atoms with Crippen LogP contribution in [0.2, 0.25) is 0 Å². The Labute approximate surface area is 127 Å². The first kappa shape index (κ1) is 16.0. The predicted octanol–water partition coefficient (Wildman–Crippen LogP) is 1.98. The van der Waals surface area contributed by atoms with E-state index in [0.29, 0.717) is 13.2 Å². The fourth-order valence-electron chi connectivity index (χ4n) is 2.89. The number of carbonyl (C=O) groups excluding carboxylic acids is 1. The van der Waals surface area contributed by atoms with Crippen LogP contribution in [-0.2, 0) is 22.5 Å². The van der Waals surface area contributed by atoms with Crippen LogP contribution in [0.4, 0.5) is 0 Å². The van der Waals surface area contributed by atoms with Gasteiger partial charge in [0.1, 0.15) is 5.54 Å². The van der Waals surface area contributed by atoms with Crippen LogP contribution < -0.4 is 5.32 Å². The smallest absolute Gasteiger partial charge is 0.327 e. The quantitative estimate of drug-likeness (QED) is 0.842. The molecule has 1 aromatic carbocycles. The number of nitrogens with zero attached hydrogens (tertiary/aromatic N) is 1. The summed E-state index contributed by atoms with van der Waals surface area (Å²) in [7, 11) is 1.82. The van der Waals surface area contributed by atoms with E-state index >= 15 is 0 Å². The Morgan fingerprint density at radius 3 is 2.76 bits per heavy atom. The summed E-state index contributed by atoms with van der Waals surface area (Å²) in [5.41, 5.74) is 2.15. The molecule has 1 unspecified atom stereocenters. The molecule has 0 aromatic heterocycles. The van der Waals surface area contributed by atoms with Gasteiger partial charge in [0.05, 0.1) is 6.61 Å². The van der Waals surface area contributed by atoms with Gasteiger partial charge in [-0.05, 0) is 51.4 Å². The normalized spacial score (nSPS) is 18.4. The van der Waals surface area contributed by atoms with Crippen LogP contribution in [0.3, 0.4) is 0 Å². The van der Waals surface area contributed by atoms with Gasteiger partial charge in [-0.25, -0.2) is 0 Å². The van der Waals surface area contributed by atoms with E-state index in [1.54, 1.807) is 0 Å². The Kier molecular flexibility index (Phi) is 5.37. The van der Waals surface area contributed by atoms with Gasteiger partial charge in [-0.1, -0.05) is 24.3 Å². The van der Waals surface area contributed by atoms with Crippen LogP contribution in [0, 0.1) is 0 Å². The molecule has 0 fully saturated rings. The molecule has 1 N–H and O–H groups in total. The lowest BCUT2D eigenvalue weighted by molar-refractivity contribution is -0.151. The van der Waals surface area contributed by atoms with Crippen molar-refractivity contribution in [3.05, 3.63) is 35.4 Å². The zero-order chi connectivity index (χ0) is 15.3. The first-order valence-corrected chi connectivity index (χ1v) is 7.74. The van der Waals surface area contributed by atoms with Crippen molar-refractivity contribution < 1.29 is 9.53 Å². The van der Waals surface area contributed by atoms with Gasteiger partial charge in [0, 0.05) is 13.1 Å². The van der Waals surface area contributed by atoms with Gasteiger partial charge in [-0.3, -0.25) is 9.69 Å².